The van der Waals surface area contributed by atoms with Crippen molar-refractivity contribution in [2.45, 2.75) is 50.1 Å². The lowest BCUT2D eigenvalue weighted by molar-refractivity contribution is -0.133. The molecule has 39 heavy (non-hydrogen) atoms. The van der Waals surface area contributed by atoms with Gasteiger partial charge in [0.05, 0.1) is 24.0 Å². The molecule has 5 rings (SSSR count). The Bertz CT molecular complexity index is 1390. The van der Waals surface area contributed by atoms with Gasteiger partial charge in [0.2, 0.25) is 11.8 Å². The Kier molecular flexibility index (Phi) is 7.49. The molecule has 2 aromatic carbocycles. The number of nitrogens with zero attached hydrogens (tertiary/aromatic N) is 1. The van der Waals surface area contributed by atoms with Crippen LogP contribution >= 0.6 is 0 Å². The summed E-state index contributed by atoms with van der Waals surface area (Å²) in [5, 5.41) is 9.50. The fourth-order valence-corrected chi connectivity index (χ4v) is 5.45. The molecule has 1 atom stereocenters. The average molecular weight is 529 g/mol. The quantitative estimate of drug-likeness (QED) is 0.400. The first-order valence-electron chi connectivity index (χ1n) is 13.3. The molecule has 202 valence electrons. The molecule has 1 aromatic heterocycles. The normalized spacial score (nSPS) is 18.8. The molecule has 9 nitrogen and oxygen atoms in total. The van der Waals surface area contributed by atoms with Crippen LogP contribution in [0.4, 0.5) is 11.4 Å². The maximum Gasteiger partial charge on any atom is 0.287 e. The second-order valence-corrected chi connectivity index (χ2v) is 10.2. The first-order valence-corrected chi connectivity index (χ1v) is 13.3. The Balaban J connectivity index is 1.27. The number of rotatable bonds is 7. The third-order valence-electron chi connectivity index (χ3n) is 7.56. The Morgan fingerprint density at radius 1 is 1.03 bits per heavy atom. The number of nitrogens with one attached hydrogen (secondary N) is 3. The van der Waals surface area contributed by atoms with Crippen molar-refractivity contribution in [2.75, 3.05) is 23.3 Å². The van der Waals surface area contributed by atoms with Gasteiger partial charge < -0.3 is 25.3 Å². The molecule has 1 saturated heterocycles. The average Bonchev–Trinajstić information content (AvgIpc) is 3.39. The molecule has 0 bridgehead atoms. The molecule has 0 spiro atoms. The van der Waals surface area contributed by atoms with Crippen LogP contribution in [0.2, 0.25) is 0 Å². The molecule has 2 fully saturated rings. The molecule has 3 aromatic rings. The molecule has 3 amide bonds. The monoisotopic (exact) mass is 528 g/mol. The lowest BCUT2D eigenvalue weighted by atomic mass is 9.80. The Hall–Kier alpha value is -4.40. The van der Waals surface area contributed by atoms with E-state index < -0.39 is 17.5 Å². The molecule has 1 unspecified atom stereocenters. The van der Waals surface area contributed by atoms with Crippen LogP contribution in [0.1, 0.15) is 49.1 Å². The first-order chi connectivity index (χ1) is 18.9. The Labute approximate surface area is 226 Å². The standard InChI is InChI=1S/C30H32N4O5/c1-2-27(36)31-21-11-5-6-12-23(21)34-17-14-22(24(35)19-34)32-29(38)30(15-8-3-9-16-30)33-28(37)26-18-20-10-4-7-13-25(20)39-26/h2,4-7,10-13,18,22H,1,3,8-9,14-17,19H2,(H,31,36)(H,32,38)(H,33,37). The van der Waals surface area contributed by atoms with Gasteiger partial charge in [0, 0.05) is 11.9 Å². The number of amides is 3. The zero-order chi connectivity index (χ0) is 27.4. The van der Waals surface area contributed by atoms with Gasteiger partial charge in [-0.1, -0.05) is 56.2 Å². The van der Waals surface area contributed by atoms with Gasteiger partial charge in [0.15, 0.2) is 11.5 Å². The Morgan fingerprint density at radius 3 is 2.51 bits per heavy atom. The lowest BCUT2D eigenvalue weighted by Gasteiger charge is -2.39. The second kappa shape index (κ2) is 11.1. The number of para-hydroxylation sites is 3. The van der Waals surface area contributed by atoms with Crippen LogP contribution in [-0.2, 0) is 14.4 Å². The summed E-state index contributed by atoms with van der Waals surface area (Å²) >= 11 is 0. The fourth-order valence-electron chi connectivity index (χ4n) is 5.45. The summed E-state index contributed by atoms with van der Waals surface area (Å²) in [6, 6.07) is 15.6. The molecule has 1 saturated carbocycles. The van der Waals surface area contributed by atoms with E-state index in [-0.39, 0.29) is 29.9 Å². The highest BCUT2D eigenvalue weighted by Gasteiger charge is 2.43. The predicted molar refractivity (Wildman–Crippen MR) is 149 cm³/mol. The minimum Gasteiger partial charge on any atom is -0.451 e. The summed E-state index contributed by atoms with van der Waals surface area (Å²) in [5.74, 6) is -1.09. The van der Waals surface area contributed by atoms with E-state index in [4.69, 9.17) is 4.42 Å². The van der Waals surface area contributed by atoms with Crippen molar-refractivity contribution >= 4 is 45.8 Å². The van der Waals surface area contributed by atoms with E-state index in [1.807, 2.05) is 35.2 Å². The third kappa shape index (κ3) is 5.57. The summed E-state index contributed by atoms with van der Waals surface area (Å²) in [6.07, 6.45) is 5.16. The number of fused-ring (bicyclic) bond motifs is 1. The van der Waals surface area contributed by atoms with Gasteiger partial charge in [-0.3, -0.25) is 19.2 Å². The zero-order valence-electron chi connectivity index (χ0n) is 21.7. The number of Topliss-reactive ketones (excluding diaryl/α,β-unsaturated/α-hetero) is 1. The van der Waals surface area contributed by atoms with Crippen LogP contribution in [0.15, 0.2) is 71.7 Å². The van der Waals surface area contributed by atoms with Gasteiger partial charge >= 0.3 is 0 Å². The predicted octanol–water partition coefficient (Wildman–Crippen LogP) is 3.95. The maximum atomic E-state index is 13.7. The van der Waals surface area contributed by atoms with Gasteiger partial charge in [-0.05, 0) is 49.6 Å². The number of furan rings is 1. The number of carbonyl (C=O) groups is 4. The van der Waals surface area contributed by atoms with E-state index >= 15 is 0 Å². The summed E-state index contributed by atoms with van der Waals surface area (Å²) in [7, 11) is 0. The number of hydrogen-bond donors (Lipinski definition) is 3. The molecule has 1 aliphatic heterocycles. The van der Waals surface area contributed by atoms with Crippen molar-refractivity contribution in [3.05, 3.63) is 73.0 Å². The largest absolute Gasteiger partial charge is 0.451 e. The molecule has 0 radical (unpaired) electrons. The number of carbonyl (C=O) groups excluding carboxylic acids is 4. The molecular weight excluding hydrogens is 496 g/mol. The molecule has 9 heteroatoms. The van der Waals surface area contributed by atoms with Crippen LogP contribution in [0.3, 0.4) is 0 Å². The number of piperidine rings is 1. The van der Waals surface area contributed by atoms with Crippen molar-refractivity contribution in [2.24, 2.45) is 0 Å². The second-order valence-electron chi connectivity index (χ2n) is 10.2. The smallest absolute Gasteiger partial charge is 0.287 e. The molecule has 3 N–H and O–H groups in total. The van der Waals surface area contributed by atoms with Crippen molar-refractivity contribution in [3.8, 4) is 0 Å². The van der Waals surface area contributed by atoms with Gasteiger partial charge in [0.25, 0.3) is 5.91 Å². The van der Waals surface area contributed by atoms with E-state index in [2.05, 4.69) is 22.5 Å². The molecule has 2 aliphatic rings. The number of hydrogen-bond acceptors (Lipinski definition) is 6. The van der Waals surface area contributed by atoms with E-state index in [1.165, 1.54) is 6.08 Å². The summed E-state index contributed by atoms with van der Waals surface area (Å²) in [4.78, 5) is 53.8. The molecule has 1 aliphatic carbocycles. The number of benzene rings is 2. The molecule has 2 heterocycles. The minimum atomic E-state index is -1.10. The van der Waals surface area contributed by atoms with Crippen LogP contribution in [0.5, 0.6) is 0 Å². The SMILES string of the molecule is C=CC(=O)Nc1ccccc1N1CCC(NC(=O)C2(NC(=O)c3cc4ccccc4o3)CCCCC2)C(=O)C1. The minimum absolute atomic E-state index is 0.0876. The fraction of sp³-hybridized carbons (Fsp3) is 0.333. The lowest BCUT2D eigenvalue weighted by Crippen LogP contribution is -2.63. The highest BCUT2D eigenvalue weighted by atomic mass is 16.3. The van der Waals surface area contributed by atoms with Crippen molar-refractivity contribution in [3.63, 3.8) is 0 Å². The van der Waals surface area contributed by atoms with E-state index in [0.717, 1.165) is 30.3 Å². The maximum absolute atomic E-state index is 13.7. The summed E-state index contributed by atoms with van der Waals surface area (Å²) < 4.78 is 5.72. The van der Waals surface area contributed by atoms with Crippen LogP contribution in [-0.4, -0.2) is 48.2 Å². The van der Waals surface area contributed by atoms with Gasteiger partial charge in [-0.25, -0.2) is 0 Å². The van der Waals surface area contributed by atoms with Crippen molar-refractivity contribution < 1.29 is 23.6 Å². The first kappa shape index (κ1) is 26.2. The van der Waals surface area contributed by atoms with Gasteiger partial charge in [0.1, 0.15) is 11.1 Å². The number of ketones is 1. The zero-order valence-corrected chi connectivity index (χ0v) is 21.7. The summed E-state index contributed by atoms with van der Waals surface area (Å²) in [5.41, 5.74) is 0.820. The van der Waals surface area contributed by atoms with E-state index in [0.29, 0.717) is 37.1 Å². The van der Waals surface area contributed by atoms with Crippen LogP contribution in [0, 0.1) is 0 Å². The van der Waals surface area contributed by atoms with Crippen molar-refractivity contribution in [1.82, 2.24) is 10.6 Å². The van der Waals surface area contributed by atoms with Crippen LogP contribution < -0.4 is 20.9 Å². The van der Waals surface area contributed by atoms with Gasteiger partial charge in [-0.2, -0.15) is 0 Å². The highest BCUT2D eigenvalue weighted by Crippen LogP contribution is 2.31. The van der Waals surface area contributed by atoms with Gasteiger partial charge in [-0.15, -0.1) is 0 Å². The topological polar surface area (TPSA) is 121 Å². The van der Waals surface area contributed by atoms with E-state index in [9.17, 15) is 19.2 Å². The van der Waals surface area contributed by atoms with Crippen LogP contribution in [0.25, 0.3) is 11.0 Å². The van der Waals surface area contributed by atoms with E-state index in [1.54, 1.807) is 24.3 Å². The highest BCUT2D eigenvalue weighted by molar-refractivity contribution is 6.03. The van der Waals surface area contributed by atoms with Crippen molar-refractivity contribution in [1.29, 1.82) is 0 Å². The third-order valence-corrected chi connectivity index (χ3v) is 7.56. The number of anilines is 2. The summed E-state index contributed by atoms with van der Waals surface area (Å²) in [6.45, 7) is 4.08. The Morgan fingerprint density at radius 2 is 1.77 bits per heavy atom. The molecular formula is C30H32N4O5.